The molecule has 1 heterocycles. The second-order valence-electron chi connectivity index (χ2n) is 7.97. The number of ether oxygens (including phenoxy) is 1. The lowest BCUT2D eigenvalue weighted by molar-refractivity contribution is -0.117. The minimum Gasteiger partial charge on any atom is -0.496 e. The van der Waals surface area contributed by atoms with E-state index in [0.717, 1.165) is 11.1 Å². The Morgan fingerprint density at radius 1 is 1.09 bits per heavy atom. The van der Waals surface area contributed by atoms with E-state index in [1.54, 1.807) is 25.3 Å². The number of benzene rings is 2. The molecule has 9 heteroatoms. The zero-order valence-corrected chi connectivity index (χ0v) is 19.8. The van der Waals surface area contributed by atoms with Gasteiger partial charge in [0.15, 0.2) is 0 Å². The molecule has 3 rings (SSSR count). The molecular weight excluding hydrogens is 442 g/mol. The maximum atomic E-state index is 12.9. The number of carbonyl (C=O) groups excluding carboxylic acids is 2. The Morgan fingerprint density at radius 3 is 2.36 bits per heavy atom. The fourth-order valence-electron chi connectivity index (χ4n) is 3.70. The summed E-state index contributed by atoms with van der Waals surface area (Å²) in [5.74, 6) is 0.240. The van der Waals surface area contributed by atoms with Crippen LogP contribution in [0.5, 0.6) is 5.75 Å². The number of nitrogens with zero attached hydrogens (tertiary/aromatic N) is 1. The maximum Gasteiger partial charge on any atom is 0.244 e. The highest BCUT2D eigenvalue weighted by atomic mass is 32.2. The van der Waals surface area contributed by atoms with Crippen molar-refractivity contribution < 1.29 is 22.7 Å². The molecule has 33 heavy (non-hydrogen) atoms. The molecule has 1 saturated heterocycles. The predicted molar refractivity (Wildman–Crippen MR) is 127 cm³/mol. The van der Waals surface area contributed by atoms with Gasteiger partial charge >= 0.3 is 0 Å². The van der Waals surface area contributed by atoms with Gasteiger partial charge in [-0.2, -0.15) is 4.31 Å². The van der Waals surface area contributed by atoms with Gasteiger partial charge in [0.05, 0.1) is 12.0 Å². The van der Waals surface area contributed by atoms with Crippen molar-refractivity contribution in [3.8, 4) is 5.75 Å². The van der Waals surface area contributed by atoms with Gasteiger partial charge in [-0.3, -0.25) is 9.59 Å². The third kappa shape index (κ3) is 6.43. The summed E-state index contributed by atoms with van der Waals surface area (Å²) in [5, 5.41) is 5.57. The molecule has 1 aliphatic heterocycles. The summed E-state index contributed by atoms with van der Waals surface area (Å²) in [5.41, 5.74) is 2.42. The SMILES string of the molecule is COc1ccc(C)cc1/C=C/C(=O)NC1CCN(S(=O)(=O)c2ccc(NC(C)=O)cc2)CC1. The van der Waals surface area contributed by atoms with Gasteiger partial charge in [-0.05, 0) is 62.2 Å². The lowest BCUT2D eigenvalue weighted by Crippen LogP contribution is -2.46. The molecule has 2 N–H and O–H groups in total. The van der Waals surface area contributed by atoms with Crippen LogP contribution in [0.2, 0.25) is 0 Å². The molecule has 2 aromatic carbocycles. The van der Waals surface area contributed by atoms with Gasteiger partial charge in [0.1, 0.15) is 5.75 Å². The molecule has 1 fully saturated rings. The highest BCUT2D eigenvalue weighted by molar-refractivity contribution is 7.89. The molecule has 0 aromatic heterocycles. The van der Waals surface area contributed by atoms with E-state index in [1.165, 1.54) is 29.4 Å². The Morgan fingerprint density at radius 2 is 1.76 bits per heavy atom. The summed E-state index contributed by atoms with van der Waals surface area (Å²) in [7, 11) is -2.05. The van der Waals surface area contributed by atoms with Crippen molar-refractivity contribution in [2.24, 2.45) is 0 Å². The van der Waals surface area contributed by atoms with Crippen molar-refractivity contribution in [3.05, 3.63) is 59.7 Å². The van der Waals surface area contributed by atoms with Crippen LogP contribution in [-0.4, -0.2) is 50.8 Å². The molecule has 8 nitrogen and oxygen atoms in total. The Kier molecular flexibility index (Phi) is 7.88. The van der Waals surface area contributed by atoms with Crippen molar-refractivity contribution >= 4 is 33.6 Å². The topological polar surface area (TPSA) is 105 Å². The fourth-order valence-corrected chi connectivity index (χ4v) is 5.17. The number of nitrogens with one attached hydrogen (secondary N) is 2. The first-order valence-corrected chi connectivity index (χ1v) is 12.1. The van der Waals surface area contributed by atoms with E-state index in [4.69, 9.17) is 4.74 Å². The number of carbonyl (C=O) groups is 2. The van der Waals surface area contributed by atoms with Gasteiger partial charge in [-0.15, -0.1) is 0 Å². The first-order chi connectivity index (χ1) is 15.7. The van der Waals surface area contributed by atoms with E-state index >= 15 is 0 Å². The smallest absolute Gasteiger partial charge is 0.244 e. The van der Waals surface area contributed by atoms with Crippen LogP contribution in [0.15, 0.2) is 53.4 Å². The van der Waals surface area contributed by atoms with Crippen molar-refractivity contribution in [1.82, 2.24) is 9.62 Å². The second-order valence-corrected chi connectivity index (χ2v) is 9.91. The van der Waals surface area contributed by atoms with Crippen LogP contribution in [0, 0.1) is 6.92 Å². The van der Waals surface area contributed by atoms with Crippen LogP contribution in [0.1, 0.15) is 30.9 Å². The quantitative estimate of drug-likeness (QED) is 0.604. The summed E-state index contributed by atoms with van der Waals surface area (Å²) in [6.45, 7) is 3.99. The maximum absolute atomic E-state index is 12.9. The Hall–Kier alpha value is -3.17. The second kappa shape index (κ2) is 10.6. The fraction of sp³-hybridized carbons (Fsp3) is 0.333. The number of rotatable bonds is 7. The molecule has 2 aromatic rings. The summed E-state index contributed by atoms with van der Waals surface area (Å²) in [6.07, 6.45) is 4.23. The van der Waals surface area contributed by atoms with Crippen LogP contribution < -0.4 is 15.4 Å². The van der Waals surface area contributed by atoms with Gasteiger partial charge in [0.25, 0.3) is 0 Å². The Labute approximate surface area is 194 Å². The number of methoxy groups -OCH3 is 1. The lowest BCUT2D eigenvalue weighted by atomic mass is 10.1. The van der Waals surface area contributed by atoms with E-state index in [1.807, 2.05) is 25.1 Å². The minimum absolute atomic E-state index is 0.102. The highest BCUT2D eigenvalue weighted by Gasteiger charge is 2.29. The first-order valence-electron chi connectivity index (χ1n) is 10.7. The number of hydrogen-bond acceptors (Lipinski definition) is 5. The van der Waals surface area contributed by atoms with E-state index in [0.29, 0.717) is 37.4 Å². The summed E-state index contributed by atoms with van der Waals surface area (Å²) >= 11 is 0. The van der Waals surface area contributed by atoms with Gasteiger partial charge < -0.3 is 15.4 Å². The van der Waals surface area contributed by atoms with Crippen LogP contribution in [-0.2, 0) is 19.6 Å². The molecule has 0 unspecified atom stereocenters. The summed E-state index contributed by atoms with van der Waals surface area (Å²) < 4.78 is 32.6. The average Bonchev–Trinajstić information content (AvgIpc) is 2.78. The van der Waals surface area contributed by atoms with Crippen LogP contribution in [0.25, 0.3) is 6.08 Å². The van der Waals surface area contributed by atoms with Crippen molar-refractivity contribution in [2.45, 2.75) is 37.6 Å². The predicted octanol–water partition coefficient (Wildman–Crippen LogP) is 2.94. The number of piperidine rings is 1. The van der Waals surface area contributed by atoms with Crippen molar-refractivity contribution in [1.29, 1.82) is 0 Å². The average molecular weight is 472 g/mol. The normalized spacial score (nSPS) is 15.4. The number of amides is 2. The van der Waals surface area contributed by atoms with E-state index in [2.05, 4.69) is 10.6 Å². The van der Waals surface area contributed by atoms with E-state index < -0.39 is 10.0 Å². The van der Waals surface area contributed by atoms with Crippen LogP contribution in [0.4, 0.5) is 5.69 Å². The molecule has 0 bridgehead atoms. The first kappa shape index (κ1) is 24.5. The molecule has 0 atom stereocenters. The molecule has 176 valence electrons. The number of anilines is 1. The molecule has 1 aliphatic rings. The van der Waals surface area contributed by atoms with Gasteiger partial charge in [0, 0.05) is 43.4 Å². The molecule has 2 amide bonds. The lowest BCUT2D eigenvalue weighted by Gasteiger charge is -2.31. The highest BCUT2D eigenvalue weighted by Crippen LogP contribution is 2.23. The third-order valence-corrected chi connectivity index (χ3v) is 7.33. The Balaban J connectivity index is 1.55. The van der Waals surface area contributed by atoms with E-state index in [9.17, 15) is 18.0 Å². The molecule has 0 saturated carbocycles. The van der Waals surface area contributed by atoms with Gasteiger partial charge in [-0.25, -0.2) is 8.42 Å². The zero-order valence-electron chi connectivity index (χ0n) is 19.0. The van der Waals surface area contributed by atoms with Crippen LogP contribution >= 0.6 is 0 Å². The molecule has 0 aliphatic carbocycles. The van der Waals surface area contributed by atoms with Gasteiger partial charge in [-0.1, -0.05) is 11.6 Å². The third-order valence-electron chi connectivity index (χ3n) is 5.41. The standard InChI is InChI=1S/C24H29N3O5S/c1-17-4-10-23(32-3)19(16-17)5-11-24(29)26-21-12-14-27(15-13-21)33(30,31)22-8-6-20(7-9-22)25-18(2)28/h4-11,16,21H,12-15H2,1-3H3,(H,25,28)(H,26,29)/b11-5+. The van der Waals surface area contributed by atoms with Crippen LogP contribution in [0.3, 0.4) is 0 Å². The molecular formula is C24H29N3O5S. The van der Waals surface area contributed by atoms with E-state index in [-0.39, 0.29) is 22.8 Å². The minimum atomic E-state index is -3.64. The zero-order chi connectivity index (χ0) is 24.0. The molecule has 0 spiro atoms. The summed E-state index contributed by atoms with van der Waals surface area (Å²) in [6, 6.07) is 11.7. The summed E-state index contributed by atoms with van der Waals surface area (Å²) in [4.78, 5) is 23.7. The van der Waals surface area contributed by atoms with Gasteiger partial charge in [0.2, 0.25) is 21.8 Å². The van der Waals surface area contributed by atoms with Crippen molar-refractivity contribution in [2.75, 3.05) is 25.5 Å². The monoisotopic (exact) mass is 471 g/mol. The largest absolute Gasteiger partial charge is 0.496 e. The number of aryl methyl sites for hydroxylation is 1. The van der Waals surface area contributed by atoms with Crippen molar-refractivity contribution in [3.63, 3.8) is 0 Å². The molecule has 0 radical (unpaired) electrons. The number of sulfonamides is 1. The Bertz CT molecular complexity index is 1140. The number of hydrogen-bond donors (Lipinski definition) is 2.